The van der Waals surface area contributed by atoms with Gasteiger partial charge in [0.15, 0.2) is 0 Å². The molecule has 3 amide bonds. The average Bonchev–Trinajstić information content (AvgIpc) is 2.63. The predicted molar refractivity (Wildman–Crippen MR) is 103 cm³/mol. The van der Waals surface area contributed by atoms with Crippen molar-refractivity contribution in [3.8, 4) is 0 Å². The van der Waals surface area contributed by atoms with E-state index in [9.17, 15) is 19.2 Å². The number of amides is 3. The van der Waals surface area contributed by atoms with Crippen LogP contribution in [0, 0.1) is 0 Å². The summed E-state index contributed by atoms with van der Waals surface area (Å²) < 4.78 is 4.61. The van der Waals surface area contributed by atoms with E-state index in [0.717, 1.165) is 12.8 Å². The number of carbonyl (C=O) groups excluding carboxylic acids is 4. The Morgan fingerprint density at radius 3 is 2.07 bits per heavy atom. The van der Waals surface area contributed by atoms with E-state index < -0.39 is 35.9 Å². The summed E-state index contributed by atoms with van der Waals surface area (Å²) in [6, 6.07) is -2.54. The van der Waals surface area contributed by atoms with Gasteiger partial charge in [-0.05, 0) is 39.5 Å². The standard InChI is InChI=1S/C19H31N3O5/c1-6-8-9-10-12-16(23)20-13(3)17(24)21-14(4)18(25)22-15(11-7-2)19(26)27-5/h6-7,13-15H,1-2,8-12H2,3-5H3,(H,20,23)(H,21,24)(H,22,25)/t13-,14-,15-/m0/s1. The monoisotopic (exact) mass is 381 g/mol. The van der Waals surface area contributed by atoms with Crippen LogP contribution in [-0.4, -0.2) is 48.9 Å². The zero-order valence-corrected chi connectivity index (χ0v) is 16.4. The molecule has 152 valence electrons. The molecule has 0 rings (SSSR count). The van der Waals surface area contributed by atoms with E-state index in [4.69, 9.17) is 0 Å². The van der Waals surface area contributed by atoms with Crippen LogP contribution in [0.15, 0.2) is 25.3 Å². The van der Waals surface area contributed by atoms with Gasteiger partial charge in [-0.3, -0.25) is 14.4 Å². The van der Waals surface area contributed by atoms with E-state index in [1.807, 2.05) is 0 Å². The number of hydrogen-bond acceptors (Lipinski definition) is 5. The van der Waals surface area contributed by atoms with Crippen molar-refractivity contribution >= 4 is 23.7 Å². The minimum Gasteiger partial charge on any atom is -0.467 e. The molecule has 0 heterocycles. The topological polar surface area (TPSA) is 114 Å². The summed E-state index contributed by atoms with van der Waals surface area (Å²) >= 11 is 0. The summed E-state index contributed by atoms with van der Waals surface area (Å²) in [6.45, 7) is 10.2. The van der Waals surface area contributed by atoms with Gasteiger partial charge in [-0.1, -0.05) is 12.2 Å². The van der Waals surface area contributed by atoms with E-state index in [0.29, 0.717) is 12.8 Å². The maximum Gasteiger partial charge on any atom is 0.328 e. The molecular weight excluding hydrogens is 350 g/mol. The smallest absolute Gasteiger partial charge is 0.328 e. The number of rotatable bonds is 13. The van der Waals surface area contributed by atoms with Gasteiger partial charge in [0.2, 0.25) is 17.7 Å². The largest absolute Gasteiger partial charge is 0.467 e. The molecule has 0 radical (unpaired) electrons. The van der Waals surface area contributed by atoms with Crippen molar-refractivity contribution in [2.75, 3.05) is 7.11 Å². The van der Waals surface area contributed by atoms with Crippen LogP contribution >= 0.6 is 0 Å². The first-order valence-electron chi connectivity index (χ1n) is 8.96. The Balaban J connectivity index is 4.46. The van der Waals surface area contributed by atoms with Gasteiger partial charge in [0, 0.05) is 6.42 Å². The molecule has 0 unspecified atom stereocenters. The van der Waals surface area contributed by atoms with Crippen LogP contribution in [0.5, 0.6) is 0 Å². The summed E-state index contributed by atoms with van der Waals surface area (Å²) in [5, 5.41) is 7.60. The third-order valence-electron chi connectivity index (χ3n) is 3.79. The third-order valence-corrected chi connectivity index (χ3v) is 3.79. The highest BCUT2D eigenvalue weighted by Crippen LogP contribution is 2.01. The quantitative estimate of drug-likeness (QED) is 0.250. The SMILES string of the molecule is C=CCCCCC(=O)N[C@@H](C)C(=O)N[C@@H](C)C(=O)N[C@@H](CC=C)C(=O)OC. The molecule has 0 fully saturated rings. The van der Waals surface area contributed by atoms with Gasteiger partial charge in [-0.15, -0.1) is 13.2 Å². The van der Waals surface area contributed by atoms with Gasteiger partial charge in [0.1, 0.15) is 18.1 Å². The Hall–Kier alpha value is -2.64. The Labute approximate surface area is 160 Å². The zero-order valence-electron chi connectivity index (χ0n) is 16.4. The summed E-state index contributed by atoms with van der Waals surface area (Å²) in [4.78, 5) is 47.7. The van der Waals surface area contributed by atoms with Crippen molar-refractivity contribution in [3.63, 3.8) is 0 Å². The van der Waals surface area contributed by atoms with Gasteiger partial charge in [0.05, 0.1) is 7.11 Å². The first kappa shape index (κ1) is 24.4. The normalized spacial score (nSPS) is 13.4. The Morgan fingerprint density at radius 1 is 0.926 bits per heavy atom. The molecule has 0 spiro atoms. The molecular formula is C19H31N3O5. The highest BCUT2D eigenvalue weighted by molar-refractivity contribution is 5.93. The van der Waals surface area contributed by atoms with Gasteiger partial charge in [-0.25, -0.2) is 4.79 Å². The van der Waals surface area contributed by atoms with Crippen LogP contribution in [0.1, 0.15) is 46.0 Å². The Morgan fingerprint density at radius 2 is 1.52 bits per heavy atom. The second-order valence-corrected chi connectivity index (χ2v) is 6.16. The number of carbonyl (C=O) groups is 4. The van der Waals surface area contributed by atoms with Crippen LogP contribution in [-0.2, 0) is 23.9 Å². The second-order valence-electron chi connectivity index (χ2n) is 6.16. The van der Waals surface area contributed by atoms with E-state index >= 15 is 0 Å². The molecule has 8 heteroatoms. The van der Waals surface area contributed by atoms with Crippen molar-refractivity contribution in [2.45, 2.75) is 64.1 Å². The fraction of sp³-hybridized carbons (Fsp3) is 0.579. The van der Waals surface area contributed by atoms with Crippen molar-refractivity contribution in [2.24, 2.45) is 0 Å². The first-order valence-corrected chi connectivity index (χ1v) is 8.96. The van der Waals surface area contributed by atoms with E-state index in [-0.39, 0.29) is 12.3 Å². The van der Waals surface area contributed by atoms with Crippen molar-refractivity contribution in [3.05, 3.63) is 25.3 Å². The maximum atomic E-state index is 12.2. The lowest BCUT2D eigenvalue weighted by atomic mass is 10.1. The molecule has 0 aliphatic carbocycles. The van der Waals surface area contributed by atoms with Gasteiger partial charge < -0.3 is 20.7 Å². The van der Waals surface area contributed by atoms with Crippen molar-refractivity contribution in [1.82, 2.24) is 16.0 Å². The number of nitrogens with one attached hydrogen (secondary N) is 3. The molecule has 0 aliphatic rings. The molecule has 8 nitrogen and oxygen atoms in total. The second kappa shape index (κ2) is 13.5. The van der Waals surface area contributed by atoms with Crippen LogP contribution in [0.25, 0.3) is 0 Å². The Kier molecular flexibility index (Phi) is 12.2. The maximum absolute atomic E-state index is 12.2. The van der Waals surface area contributed by atoms with Crippen molar-refractivity contribution < 1.29 is 23.9 Å². The molecule has 0 aromatic carbocycles. The average molecular weight is 381 g/mol. The summed E-state index contributed by atoms with van der Waals surface area (Å²) in [5.41, 5.74) is 0. The molecule has 0 bridgehead atoms. The van der Waals surface area contributed by atoms with Gasteiger partial charge >= 0.3 is 5.97 Å². The molecule has 0 aromatic rings. The minimum atomic E-state index is -0.888. The predicted octanol–water partition coefficient (Wildman–Crippen LogP) is 0.976. The van der Waals surface area contributed by atoms with Crippen molar-refractivity contribution in [1.29, 1.82) is 0 Å². The molecule has 3 N–H and O–H groups in total. The highest BCUT2D eigenvalue weighted by atomic mass is 16.5. The first-order chi connectivity index (χ1) is 12.8. The lowest BCUT2D eigenvalue weighted by molar-refractivity contribution is -0.145. The van der Waals surface area contributed by atoms with Crippen LogP contribution in [0.2, 0.25) is 0 Å². The fourth-order valence-electron chi connectivity index (χ4n) is 2.18. The number of allylic oxidation sites excluding steroid dienone is 1. The number of esters is 1. The van der Waals surface area contributed by atoms with Crippen LogP contribution in [0.4, 0.5) is 0 Å². The van der Waals surface area contributed by atoms with E-state index in [1.54, 1.807) is 6.08 Å². The summed E-state index contributed by atoms with van der Waals surface area (Å²) in [5.74, 6) is -1.85. The number of unbranched alkanes of at least 4 members (excludes halogenated alkanes) is 2. The van der Waals surface area contributed by atoms with Crippen LogP contribution < -0.4 is 16.0 Å². The number of hydrogen-bond donors (Lipinski definition) is 3. The molecule has 0 aromatic heterocycles. The zero-order chi connectivity index (χ0) is 20.8. The van der Waals surface area contributed by atoms with Crippen LogP contribution in [0.3, 0.4) is 0 Å². The lowest BCUT2D eigenvalue weighted by Crippen LogP contribution is -2.54. The molecule has 0 saturated carbocycles. The fourth-order valence-corrected chi connectivity index (χ4v) is 2.18. The number of methoxy groups -OCH3 is 1. The number of ether oxygens (including phenoxy) is 1. The van der Waals surface area contributed by atoms with Gasteiger partial charge in [0.25, 0.3) is 0 Å². The van der Waals surface area contributed by atoms with Gasteiger partial charge in [-0.2, -0.15) is 0 Å². The third kappa shape index (κ3) is 10.2. The summed E-state index contributed by atoms with van der Waals surface area (Å²) in [7, 11) is 1.22. The lowest BCUT2D eigenvalue weighted by Gasteiger charge is -2.21. The molecule has 0 saturated heterocycles. The molecule has 3 atom stereocenters. The minimum absolute atomic E-state index is 0.206. The van der Waals surface area contributed by atoms with E-state index in [2.05, 4.69) is 33.8 Å². The molecule has 0 aliphatic heterocycles. The highest BCUT2D eigenvalue weighted by Gasteiger charge is 2.25. The Bertz CT molecular complexity index is 547. The summed E-state index contributed by atoms with van der Waals surface area (Å²) in [6.07, 6.45) is 6.22. The van der Waals surface area contributed by atoms with E-state index in [1.165, 1.54) is 27.0 Å². The molecule has 27 heavy (non-hydrogen) atoms.